The second kappa shape index (κ2) is 7.89. The summed E-state index contributed by atoms with van der Waals surface area (Å²) >= 11 is 6.03. The molecule has 1 saturated carbocycles. The maximum Gasteiger partial charge on any atom is 0.320 e. The lowest BCUT2D eigenvalue weighted by Gasteiger charge is -2.28. The third kappa shape index (κ3) is 4.74. The van der Waals surface area contributed by atoms with Gasteiger partial charge in [0.1, 0.15) is 5.82 Å². The number of rotatable bonds is 4. The molecule has 0 radical (unpaired) electrons. The van der Waals surface area contributed by atoms with Crippen LogP contribution in [-0.2, 0) is 6.54 Å². The lowest BCUT2D eigenvalue weighted by Crippen LogP contribution is -2.46. The summed E-state index contributed by atoms with van der Waals surface area (Å²) in [6.45, 7) is 2.39. The van der Waals surface area contributed by atoms with Gasteiger partial charge in [0.05, 0.1) is 24.4 Å². The van der Waals surface area contributed by atoms with E-state index in [1.165, 1.54) is 0 Å². The first-order valence-corrected chi connectivity index (χ1v) is 8.93. The molecule has 1 fully saturated rings. The van der Waals surface area contributed by atoms with Gasteiger partial charge in [0.15, 0.2) is 0 Å². The Kier molecular flexibility index (Phi) is 5.60. The first-order valence-electron chi connectivity index (χ1n) is 8.56. The monoisotopic (exact) mass is 362 g/mol. The van der Waals surface area contributed by atoms with Gasteiger partial charge in [-0.25, -0.2) is 9.48 Å². The molecule has 0 spiro atoms. The van der Waals surface area contributed by atoms with Crippen molar-refractivity contribution in [3.05, 3.63) is 46.6 Å². The van der Waals surface area contributed by atoms with E-state index >= 15 is 0 Å². The van der Waals surface area contributed by atoms with E-state index in [4.69, 9.17) is 11.6 Å². The molecule has 1 heterocycles. The Balaban J connectivity index is 1.67. The number of aliphatic hydroxyl groups excluding tert-OH is 1. The van der Waals surface area contributed by atoms with Crippen molar-refractivity contribution in [2.45, 2.75) is 51.3 Å². The Morgan fingerprint density at radius 3 is 2.92 bits per heavy atom. The van der Waals surface area contributed by atoms with Gasteiger partial charge in [-0.05, 0) is 37.5 Å². The molecule has 2 amide bonds. The minimum atomic E-state index is -0.474. The predicted molar refractivity (Wildman–Crippen MR) is 97.9 cm³/mol. The van der Waals surface area contributed by atoms with Gasteiger partial charge in [0.2, 0.25) is 0 Å². The first kappa shape index (κ1) is 17.8. The number of hydrogen-bond acceptors (Lipinski definition) is 3. The van der Waals surface area contributed by atoms with E-state index < -0.39 is 6.10 Å². The fraction of sp³-hybridized carbons (Fsp3) is 0.444. The predicted octanol–water partition coefficient (Wildman–Crippen LogP) is 3.32. The molecule has 134 valence electrons. The Morgan fingerprint density at radius 2 is 2.16 bits per heavy atom. The summed E-state index contributed by atoms with van der Waals surface area (Å²) < 4.78 is 1.73. The van der Waals surface area contributed by atoms with Crippen molar-refractivity contribution in [1.29, 1.82) is 0 Å². The summed E-state index contributed by atoms with van der Waals surface area (Å²) in [7, 11) is 0. The number of halogens is 1. The summed E-state index contributed by atoms with van der Waals surface area (Å²) in [5, 5.41) is 20.8. The molecule has 0 saturated heterocycles. The second-order valence-electron chi connectivity index (χ2n) is 6.52. The number of urea groups is 1. The Hall–Kier alpha value is -2.05. The third-order valence-corrected chi connectivity index (χ3v) is 4.65. The van der Waals surface area contributed by atoms with Gasteiger partial charge in [-0.15, -0.1) is 0 Å². The van der Waals surface area contributed by atoms with Crippen LogP contribution in [0.15, 0.2) is 30.3 Å². The highest BCUT2D eigenvalue weighted by Crippen LogP contribution is 2.19. The number of carbonyl (C=O) groups excluding carboxylic acids is 1. The van der Waals surface area contributed by atoms with Gasteiger partial charge in [-0.1, -0.05) is 36.6 Å². The van der Waals surface area contributed by atoms with Crippen molar-refractivity contribution < 1.29 is 9.90 Å². The third-order valence-electron chi connectivity index (χ3n) is 4.41. The molecule has 2 aromatic rings. The topological polar surface area (TPSA) is 79.2 Å². The average molecular weight is 363 g/mol. The zero-order valence-electron chi connectivity index (χ0n) is 14.2. The summed E-state index contributed by atoms with van der Waals surface area (Å²) in [6, 6.07) is 8.85. The van der Waals surface area contributed by atoms with Crippen molar-refractivity contribution in [1.82, 2.24) is 15.1 Å². The minimum Gasteiger partial charge on any atom is -0.391 e. The van der Waals surface area contributed by atoms with Crippen LogP contribution >= 0.6 is 11.6 Å². The standard InChI is InChI=1S/C18H23ClN4O2/c1-12-9-17(21-18(25)20-15-7-2-3-8-16(15)24)23(22-12)11-13-5-4-6-14(19)10-13/h4-6,9-10,15-16,24H,2-3,7-8,11H2,1H3,(H2,20,21,25)/t15-,16-/m0/s1. The van der Waals surface area contributed by atoms with Gasteiger partial charge >= 0.3 is 6.03 Å². The van der Waals surface area contributed by atoms with Crippen LogP contribution in [0.2, 0.25) is 5.02 Å². The summed E-state index contributed by atoms with van der Waals surface area (Å²) in [5.74, 6) is 0.611. The largest absolute Gasteiger partial charge is 0.391 e. The Morgan fingerprint density at radius 1 is 1.36 bits per heavy atom. The van der Waals surface area contributed by atoms with E-state index in [2.05, 4.69) is 15.7 Å². The maximum absolute atomic E-state index is 12.3. The normalized spacial score (nSPS) is 20.3. The lowest BCUT2D eigenvalue weighted by molar-refractivity contribution is 0.0955. The van der Waals surface area contributed by atoms with E-state index in [1.54, 1.807) is 4.68 Å². The van der Waals surface area contributed by atoms with Gasteiger partial charge < -0.3 is 10.4 Å². The van der Waals surface area contributed by atoms with Crippen LogP contribution < -0.4 is 10.6 Å². The number of aliphatic hydroxyl groups is 1. The van der Waals surface area contributed by atoms with Gasteiger partial charge in [0.25, 0.3) is 0 Å². The number of aryl methyl sites for hydroxylation is 1. The number of nitrogens with one attached hydrogen (secondary N) is 2. The van der Waals surface area contributed by atoms with Gasteiger partial charge in [0, 0.05) is 11.1 Å². The van der Waals surface area contributed by atoms with Crippen LogP contribution in [0.3, 0.4) is 0 Å². The highest BCUT2D eigenvalue weighted by Gasteiger charge is 2.24. The molecule has 25 heavy (non-hydrogen) atoms. The van der Waals surface area contributed by atoms with Crippen LogP contribution in [0.4, 0.5) is 10.6 Å². The molecule has 0 bridgehead atoms. The molecule has 3 N–H and O–H groups in total. The van der Waals surface area contributed by atoms with E-state index in [1.807, 2.05) is 37.3 Å². The fourth-order valence-electron chi connectivity index (χ4n) is 3.18. The molecular formula is C18H23ClN4O2. The van der Waals surface area contributed by atoms with Crippen molar-refractivity contribution in [3.63, 3.8) is 0 Å². The quantitative estimate of drug-likeness (QED) is 0.780. The lowest BCUT2D eigenvalue weighted by atomic mass is 9.93. The number of hydrogen-bond donors (Lipinski definition) is 3. The maximum atomic E-state index is 12.3. The molecule has 1 aromatic heterocycles. The van der Waals surface area contributed by atoms with Crippen LogP contribution in [0, 0.1) is 6.92 Å². The molecule has 3 rings (SSSR count). The van der Waals surface area contributed by atoms with E-state index in [-0.39, 0.29) is 12.1 Å². The molecule has 1 aliphatic rings. The van der Waals surface area contributed by atoms with Crippen LogP contribution in [-0.4, -0.2) is 33.1 Å². The Bertz CT molecular complexity index is 746. The van der Waals surface area contributed by atoms with Crippen LogP contribution in [0.5, 0.6) is 0 Å². The fourth-order valence-corrected chi connectivity index (χ4v) is 3.39. The van der Waals surface area contributed by atoms with Crippen LogP contribution in [0.25, 0.3) is 0 Å². The van der Waals surface area contributed by atoms with Crippen LogP contribution in [0.1, 0.15) is 36.9 Å². The van der Waals surface area contributed by atoms with Gasteiger partial charge in [-0.3, -0.25) is 5.32 Å². The zero-order valence-corrected chi connectivity index (χ0v) is 15.0. The zero-order chi connectivity index (χ0) is 17.8. The smallest absolute Gasteiger partial charge is 0.320 e. The number of anilines is 1. The number of carbonyl (C=O) groups is 1. The summed E-state index contributed by atoms with van der Waals surface area (Å²) in [5.41, 5.74) is 1.82. The van der Waals surface area contributed by atoms with E-state index in [9.17, 15) is 9.90 Å². The molecule has 1 aliphatic carbocycles. The number of amides is 2. The van der Waals surface area contributed by atoms with Crippen molar-refractivity contribution >= 4 is 23.4 Å². The van der Waals surface area contributed by atoms with Crippen molar-refractivity contribution in [2.24, 2.45) is 0 Å². The summed E-state index contributed by atoms with van der Waals surface area (Å²) in [4.78, 5) is 12.3. The van der Waals surface area contributed by atoms with E-state index in [0.29, 0.717) is 17.4 Å². The molecule has 2 atom stereocenters. The highest BCUT2D eigenvalue weighted by molar-refractivity contribution is 6.30. The molecular weight excluding hydrogens is 340 g/mol. The average Bonchev–Trinajstić information content (AvgIpc) is 2.89. The first-order chi connectivity index (χ1) is 12.0. The Labute approximate surface area is 152 Å². The SMILES string of the molecule is Cc1cc(NC(=O)N[C@H]2CCCC[C@@H]2O)n(Cc2cccc(Cl)c2)n1. The molecule has 0 unspecified atom stereocenters. The molecule has 0 aliphatic heterocycles. The van der Waals surface area contributed by atoms with Crippen molar-refractivity contribution in [2.75, 3.05) is 5.32 Å². The number of aromatic nitrogens is 2. The van der Waals surface area contributed by atoms with Gasteiger partial charge in [-0.2, -0.15) is 5.10 Å². The van der Waals surface area contributed by atoms with Crippen molar-refractivity contribution in [3.8, 4) is 0 Å². The minimum absolute atomic E-state index is 0.195. The number of benzene rings is 1. The summed E-state index contributed by atoms with van der Waals surface area (Å²) in [6.07, 6.45) is 3.09. The second-order valence-corrected chi connectivity index (χ2v) is 6.95. The highest BCUT2D eigenvalue weighted by atomic mass is 35.5. The molecule has 1 aromatic carbocycles. The van der Waals surface area contributed by atoms with E-state index in [0.717, 1.165) is 36.9 Å². The number of nitrogens with zero attached hydrogens (tertiary/aromatic N) is 2. The molecule has 7 heteroatoms. The molecule has 6 nitrogen and oxygen atoms in total.